The van der Waals surface area contributed by atoms with Crippen LogP contribution in [-0.4, -0.2) is 39.1 Å². The minimum absolute atomic E-state index is 0.0884. The van der Waals surface area contributed by atoms with Gasteiger partial charge in [-0.05, 0) is 32.8 Å². The van der Waals surface area contributed by atoms with Gasteiger partial charge in [0.15, 0.2) is 0 Å². The average Bonchev–Trinajstić information content (AvgIpc) is 2.90. The fourth-order valence-corrected chi connectivity index (χ4v) is 2.59. The highest BCUT2D eigenvalue weighted by Gasteiger charge is 2.28. The molecule has 1 aliphatic carbocycles. The monoisotopic (exact) mass is 280 g/mol. The molecule has 3 N–H and O–H groups in total. The number of rotatable bonds is 4. The van der Waals surface area contributed by atoms with Crippen molar-refractivity contribution in [3.8, 4) is 0 Å². The van der Waals surface area contributed by atoms with Gasteiger partial charge in [-0.15, -0.1) is 0 Å². The van der Waals surface area contributed by atoms with Gasteiger partial charge >= 0.3 is 6.03 Å². The molecule has 112 valence electrons. The average molecular weight is 280 g/mol. The molecule has 1 aliphatic rings. The highest BCUT2D eigenvalue weighted by Crippen LogP contribution is 2.27. The van der Waals surface area contributed by atoms with Gasteiger partial charge in [0.25, 0.3) is 0 Å². The number of amides is 2. The van der Waals surface area contributed by atoms with E-state index in [9.17, 15) is 9.90 Å². The molecule has 0 aromatic carbocycles. The van der Waals surface area contributed by atoms with Crippen LogP contribution in [0.15, 0.2) is 18.5 Å². The van der Waals surface area contributed by atoms with E-state index in [-0.39, 0.29) is 24.7 Å². The lowest BCUT2D eigenvalue weighted by molar-refractivity contribution is 0.0814. The zero-order valence-corrected chi connectivity index (χ0v) is 12.2. The van der Waals surface area contributed by atoms with Gasteiger partial charge in [0, 0.05) is 18.9 Å². The highest BCUT2D eigenvalue weighted by atomic mass is 16.3. The molecule has 20 heavy (non-hydrogen) atoms. The number of nitrogens with one attached hydrogen (secondary N) is 2. The third-order valence-electron chi connectivity index (χ3n) is 3.59. The molecule has 6 heteroatoms. The first kappa shape index (κ1) is 14.8. The van der Waals surface area contributed by atoms with Gasteiger partial charge in [0.1, 0.15) is 0 Å². The van der Waals surface area contributed by atoms with E-state index in [0.29, 0.717) is 0 Å². The van der Waals surface area contributed by atoms with Gasteiger partial charge in [-0.1, -0.05) is 12.8 Å². The molecule has 0 saturated heterocycles. The Morgan fingerprint density at radius 2 is 2.20 bits per heavy atom. The quantitative estimate of drug-likeness (QED) is 0.780. The number of urea groups is 1. The molecule has 0 aliphatic heterocycles. The van der Waals surface area contributed by atoms with Gasteiger partial charge in [-0.25, -0.2) is 4.79 Å². The van der Waals surface area contributed by atoms with Crippen molar-refractivity contribution in [2.24, 2.45) is 0 Å². The van der Waals surface area contributed by atoms with Gasteiger partial charge < -0.3 is 15.7 Å². The minimum atomic E-state index is -0.898. The van der Waals surface area contributed by atoms with Crippen LogP contribution in [0.2, 0.25) is 0 Å². The number of nitrogens with zero attached hydrogens (tertiary/aromatic N) is 2. The second-order valence-electron chi connectivity index (χ2n) is 6.08. The predicted molar refractivity (Wildman–Crippen MR) is 76.4 cm³/mol. The summed E-state index contributed by atoms with van der Waals surface area (Å²) in [6.45, 7) is 3.57. The van der Waals surface area contributed by atoms with E-state index in [1.165, 1.54) is 0 Å². The zero-order chi connectivity index (χ0) is 14.6. The van der Waals surface area contributed by atoms with Crippen LogP contribution in [0.1, 0.15) is 45.6 Å². The Labute approximate surface area is 119 Å². The summed E-state index contributed by atoms with van der Waals surface area (Å²) in [7, 11) is 0. The SMILES string of the molecule is CC(C)(O)CNC(=O)N[C@@H]1CCCC[C@@H]1n1cccn1. The summed E-state index contributed by atoms with van der Waals surface area (Å²) < 4.78 is 1.93. The van der Waals surface area contributed by atoms with Gasteiger partial charge in [-0.3, -0.25) is 4.68 Å². The van der Waals surface area contributed by atoms with Gasteiger partial charge in [-0.2, -0.15) is 5.10 Å². The maximum absolute atomic E-state index is 11.9. The summed E-state index contributed by atoms with van der Waals surface area (Å²) >= 11 is 0. The molecule has 1 aromatic rings. The molecule has 0 bridgehead atoms. The number of hydrogen-bond acceptors (Lipinski definition) is 3. The van der Waals surface area contributed by atoms with E-state index in [4.69, 9.17) is 0 Å². The lowest BCUT2D eigenvalue weighted by Gasteiger charge is -2.32. The molecule has 2 rings (SSSR count). The Bertz CT molecular complexity index is 425. The Morgan fingerprint density at radius 1 is 1.45 bits per heavy atom. The number of carbonyl (C=O) groups excluding carboxylic acids is 1. The fraction of sp³-hybridized carbons (Fsp3) is 0.714. The van der Waals surface area contributed by atoms with E-state index in [2.05, 4.69) is 15.7 Å². The van der Waals surface area contributed by atoms with E-state index in [1.807, 2.05) is 16.9 Å². The largest absolute Gasteiger partial charge is 0.389 e. The van der Waals surface area contributed by atoms with Crippen molar-refractivity contribution in [3.05, 3.63) is 18.5 Å². The van der Waals surface area contributed by atoms with Crippen LogP contribution in [0.25, 0.3) is 0 Å². The Morgan fingerprint density at radius 3 is 2.85 bits per heavy atom. The van der Waals surface area contributed by atoms with E-state index >= 15 is 0 Å². The number of aromatic nitrogens is 2. The zero-order valence-electron chi connectivity index (χ0n) is 12.2. The summed E-state index contributed by atoms with van der Waals surface area (Å²) in [5.41, 5.74) is -0.898. The van der Waals surface area contributed by atoms with Crippen molar-refractivity contribution >= 4 is 6.03 Å². The molecule has 2 amide bonds. The highest BCUT2D eigenvalue weighted by molar-refractivity contribution is 5.74. The molecule has 0 unspecified atom stereocenters. The van der Waals surface area contributed by atoms with Crippen LogP contribution >= 0.6 is 0 Å². The van der Waals surface area contributed by atoms with Gasteiger partial charge in [0.2, 0.25) is 0 Å². The second-order valence-corrected chi connectivity index (χ2v) is 6.08. The van der Waals surface area contributed by atoms with Crippen LogP contribution in [0, 0.1) is 0 Å². The molecule has 1 aromatic heterocycles. The third kappa shape index (κ3) is 4.23. The molecule has 6 nitrogen and oxygen atoms in total. The molecular formula is C14H24N4O2. The molecular weight excluding hydrogens is 256 g/mol. The number of aliphatic hydroxyl groups is 1. The van der Waals surface area contributed by atoms with Crippen molar-refractivity contribution in [1.82, 2.24) is 20.4 Å². The topological polar surface area (TPSA) is 79.2 Å². The van der Waals surface area contributed by atoms with Crippen LogP contribution in [-0.2, 0) is 0 Å². The van der Waals surface area contributed by atoms with Crippen LogP contribution in [0.3, 0.4) is 0 Å². The molecule has 1 heterocycles. The van der Waals surface area contributed by atoms with Crippen LogP contribution in [0.5, 0.6) is 0 Å². The Kier molecular flexibility index (Phi) is 4.65. The smallest absolute Gasteiger partial charge is 0.315 e. The normalized spacial score (nSPS) is 23.4. The van der Waals surface area contributed by atoms with E-state index in [0.717, 1.165) is 25.7 Å². The fourth-order valence-electron chi connectivity index (χ4n) is 2.59. The van der Waals surface area contributed by atoms with Crippen molar-refractivity contribution in [2.45, 2.75) is 57.2 Å². The van der Waals surface area contributed by atoms with Crippen molar-refractivity contribution in [1.29, 1.82) is 0 Å². The second kappa shape index (κ2) is 6.26. The molecule has 1 saturated carbocycles. The maximum Gasteiger partial charge on any atom is 0.315 e. The van der Waals surface area contributed by atoms with Crippen molar-refractivity contribution < 1.29 is 9.90 Å². The standard InChI is InChI=1S/C14H24N4O2/c1-14(2,20)10-15-13(19)17-11-6-3-4-7-12(11)18-9-5-8-16-18/h5,8-9,11-12,20H,3-4,6-7,10H2,1-2H3,(H2,15,17,19)/t11-,12+/m1/s1. The molecule has 2 atom stereocenters. The summed E-state index contributed by atoms with van der Waals surface area (Å²) in [6, 6.07) is 1.98. The summed E-state index contributed by atoms with van der Waals surface area (Å²) in [4.78, 5) is 11.9. The predicted octanol–water partition coefficient (Wildman–Crippen LogP) is 1.44. The number of carbonyl (C=O) groups is 1. The first-order valence-electron chi connectivity index (χ1n) is 7.21. The third-order valence-corrected chi connectivity index (χ3v) is 3.59. The van der Waals surface area contributed by atoms with Crippen LogP contribution < -0.4 is 10.6 Å². The van der Waals surface area contributed by atoms with E-state index in [1.54, 1.807) is 20.0 Å². The van der Waals surface area contributed by atoms with E-state index < -0.39 is 5.60 Å². The summed E-state index contributed by atoms with van der Waals surface area (Å²) in [5, 5.41) is 19.6. The molecule has 0 spiro atoms. The Balaban J connectivity index is 1.90. The van der Waals surface area contributed by atoms with Crippen molar-refractivity contribution in [2.75, 3.05) is 6.54 Å². The van der Waals surface area contributed by atoms with Crippen LogP contribution in [0.4, 0.5) is 4.79 Å². The summed E-state index contributed by atoms with van der Waals surface area (Å²) in [5.74, 6) is 0. The lowest BCUT2D eigenvalue weighted by Crippen LogP contribution is -2.50. The summed E-state index contributed by atoms with van der Waals surface area (Å²) in [6.07, 6.45) is 7.97. The van der Waals surface area contributed by atoms with Gasteiger partial charge in [0.05, 0.1) is 17.7 Å². The maximum atomic E-state index is 11.9. The minimum Gasteiger partial charge on any atom is -0.389 e. The first-order valence-corrected chi connectivity index (χ1v) is 7.21. The first-order chi connectivity index (χ1) is 9.46. The molecule has 0 radical (unpaired) electrons. The Hall–Kier alpha value is -1.56. The van der Waals surface area contributed by atoms with Crippen molar-refractivity contribution in [3.63, 3.8) is 0 Å². The lowest BCUT2D eigenvalue weighted by atomic mass is 9.90. The molecule has 1 fully saturated rings. The number of hydrogen-bond donors (Lipinski definition) is 3.